The molecule has 2 rings (SSSR count). The summed E-state index contributed by atoms with van der Waals surface area (Å²) in [5.74, 6) is -0.231. The molecule has 1 aromatic carbocycles. The van der Waals surface area contributed by atoms with Crippen molar-refractivity contribution in [1.82, 2.24) is 0 Å². The first kappa shape index (κ1) is 11.3. The van der Waals surface area contributed by atoms with Crippen LogP contribution in [0.5, 0.6) is 5.75 Å². The molecule has 1 aliphatic carbocycles. The summed E-state index contributed by atoms with van der Waals surface area (Å²) in [5, 5.41) is 9.21. The van der Waals surface area contributed by atoms with Crippen molar-refractivity contribution in [3.8, 4) is 5.75 Å². The molecule has 16 heavy (non-hydrogen) atoms. The van der Waals surface area contributed by atoms with Crippen molar-refractivity contribution in [3.05, 3.63) is 29.3 Å². The van der Waals surface area contributed by atoms with Crippen LogP contribution in [0, 0.1) is 0 Å². The van der Waals surface area contributed by atoms with Gasteiger partial charge in [-0.15, -0.1) is 11.6 Å². The molecule has 0 radical (unpaired) electrons. The summed E-state index contributed by atoms with van der Waals surface area (Å²) in [7, 11) is 1.59. The molecule has 1 aliphatic rings. The van der Waals surface area contributed by atoms with Gasteiger partial charge in [-0.05, 0) is 42.5 Å². The summed E-state index contributed by atoms with van der Waals surface area (Å²) in [6.45, 7) is 0. The highest BCUT2D eigenvalue weighted by Crippen LogP contribution is 2.42. The second-order valence-electron chi connectivity index (χ2n) is 3.98. The van der Waals surface area contributed by atoms with Gasteiger partial charge in [-0.3, -0.25) is 0 Å². The van der Waals surface area contributed by atoms with E-state index in [1.807, 2.05) is 6.07 Å². The normalized spacial score (nSPS) is 23.6. The number of carboxylic acid groups (broad SMARTS) is 1. The van der Waals surface area contributed by atoms with Gasteiger partial charge in [0.25, 0.3) is 0 Å². The fourth-order valence-corrected chi connectivity index (χ4v) is 2.49. The Morgan fingerprint density at radius 2 is 2.31 bits per heavy atom. The third-order valence-corrected chi connectivity index (χ3v) is 3.60. The molecular weight excluding hydrogens is 228 g/mol. The van der Waals surface area contributed by atoms with E-state index in [1.54, 1.807) is 19.2 Å². The largest absolute Gasteiger partial charge is 0.497 e. The maximum absolute atomic E-state index is 11.2. The third kappa shape index (κ3) is 1.65. The van der Waals surface area contributed by atoms with Crippen molar-refractivity contribution in [2.75, 3.05) is 7.11 Å². The summed E-state index contributed by atoms with van der Waals surface area (Å²) in [6, 6.07) is 5.38. The van der Waals surface area contributed by atoms with Gasteiger partial charge < -0.3 is 9.84 Å². The van der Waals surface area contributed by atoms with Crippen molar-refractivity contribution in [2.24, 2.45) is 0 Å². The van der Waals surface area contributed by atoms with Gasteiger partial charge in [0, 0.05) is 0 Å². The lowest BCUT2D eigenvalue weighted by atomic mass is 9.82. The molecule has 1 atom stereocenters. The Balaban J connectivity index is 2.51. The number of hydrogen-bond donors (Lipinski definition) is 1. The summed E-state index contributed by atoms with van der Waals surface area (Å²) in [5.41, 5.74) is 1.68. The summed E-state index contributed by atoms with van der Waals surface area (Å²) in [4.78, 5) is 9.97. The number of carbonyl (C=O) groups is 1. The van der Waals surface area contributed by atoms with Gasteiger partial charge in [0.2, 0.25) is 0 Å². The zero-order valence-electron chi connectivity index (χ0n) is 9.00. The van der Waals surface area contributed by atoms with Crippen molar-refractivity contribution >= 4 is 17.6 Å². The van der Waals surface area contributed by atoms with Crippen molar-refractivity contribution < 1.29 is 14.6 Å². The topological polar surface area (TPSA) is 46.5 Å². The van der Waals surface area contributed by atoms with E-state index in [0.29, 0.717) is 12.0 Å². The van der Waals surface area contributed by atoms with Crippen molar-refractivity contribution in [1.29, 1.82) is 0 Å². The van der Waals surface area contributed by atoms with Crippen molar-refractivity contribution in [2.45, 2.75) is 24.1 Å². The molecule has 0 fully saturated rings. The molecule has 4 heteroatoms. The van der Waals surface area contributed by atoms with Gasteiger partial charge in [0.1, 0.15) is 5.75 Å². The Kier molecular flexibility index (Phi) is 2.80. The number of ether oxygens (including phenoxy) is 1. The Morgan fingerprint density at radius 1 is 1.56 bits per heavy atom. The van der Waals surface area contributed by atoms with Gasteiger partial charge in [0.15, 0.2) is 4.87 Å². The van der Waals surface area contributed by atoms with Crippen LogP contribution in [0.3, 0.4) is 0 Å². The van der Waals surface area contributed by atoms with Crippen LogP contribution >= 0.6 is 11.6 Å². The van der Waals surface area contributed by atoms with Crippen LogP contribution in [0.25, 0.3) is 0 Å². The zero-order chi connectivity index (χ0) is 11.8. The first-order valence-corrected chi connectivity index (χ1v) is 5.55. The summed E-state index contributed by atoms with van der Waals surface area (Å²) in [6.07, 6.45) is 2.12. The molecular formula is C12H13ClO3. The first-order chi connectivity index (χ1) is 7.58. The van der Waals surface area contributed by atoms with E-state index in [0.717, 1.165) is 24.2 Å². The lowest BCUT2D eigenvalue weighted by Gasteiger charge is -2.30. The van der Waals surface area contributed by atoms with E-state index >= 15 is 0 Å². The van der Waals surface area contributed by atoms with E-state index < -0.39 is 10.8 Å². The summed E-state index contributed by atoms with van der Waals surface area (Å²) >= 11 is 6.20. The van der Waals surface area contributed by atoms with Gasteiger partial charge >= 0.3 is 5.97 Å². The molecule has 1 unspecified atom stereocenters. The number of benzene rings is 1. The van der Waals surface area contributed by atoms with Crippen molar-refractivity contribution in [3.63, 3.8) is 0 Å². The van der Waals surface area contributed by atoms with Gasteiger partial charge in [-0.25, -0.2) is 4.79 Å². The van der Waals surface area contributed by atoms with Crippen LogP contribution < -0.4 is 4.74 Å². The number of aliphatic carboxylic acids is 1. The minimum Gasteiger partial charge on any atom is -0.497 e. The number of fused-ring (bicyclic) bond motifs is 1. The molecule has 0 saturated heterocycles. The average Bonchev–Trinajstić information content (AvgIpc) is 2.28. The van der Waals surface area contributed by atoms with Crippen LogP contribution in [-0.2, 0) is 16.1 Å². The van der Waals surface area contributed by atoms with E-state index in [-0.39, 0.29) is 0 Å². The second kappa shape index (κ2) is 3.98. The Morgan fingerprint density at radius 3 is 2.94 bits per heavy atom. The Labute approximate surface area is 99.0 Å². The number of alkyl halides is 1. The molecule has 0 aromatic heterocycles. The van der Waals surface area contributed by atoms with Gasteiger partial charge in [-0.1, -0.05) is 6.07 Å². The molecule has 1 N–H and O–H groups in total. The molecule has 0 aliphatic heterocycles. The van der Waals surface area contributed by atoms with Gasteiger partial charge in [-0.2, -0.15) is 0 Å². The first-order valence-electron chi connectivity index (χ1n) is 5.17. The highest BCUT2D eigenvalue weighted by Gasteiger charge is 2.41. The number of aryl methyl sites for hydroxylation is 1. The lowest BCUT2D eigenvalue weighted by molar-refractivity contribution is -0.140. The Hall–Kier alpha value is -1.22. The number of methoxy groups -OCH3 is 1. The molecule has 0 saturated carbocycles. The van der Waals surface area contributed by atoms with E-state index in [4.69, 9.17) is 16.3 Å². The predicted molar refractivity (Wildman–Crippen MR) is 61.1 cm³/mol. The molecule has 3 nitrogen and oxygen atoms in total. The smallest absolute Gasteiger partial charge is 0.329 e. The van der Waals surface area contributed by atoms with E-state index in [1.165, 1.54) is 0 Å². The SMILES string of the molecule is COc1ccc2c(c1)CCCC2(Cl)C(=O)O. The van der Waals surface area contributed by atoms with Crippen LogP contribution in [0.2, 0.25) is 0 Å². The molecule has 0 bridgehead atoms. The molecule has 0 heterocycles. The third-order valence-electron chi connectivity index (χ3n) is 3.05. The van der Waals surface area contributed by atoms with Crippen LogP contribution in [0.4, 0.5) is 0 Å². The number of hydrogen-bond acceptors (Lipinski definition) is 2. The maximum atomic E-state index is 11.2. The predicted octanol–water partition coefficient (Wildman–Crippen LogP) is 2.55. The molecule has 86 valence electrons. The fourth-order valence-electron chi connectivity index (χ4n) is 2.17. The lowest BCUT2D eigenvalue weighted by Crippen LogP contribution is -2.33. The highest BCUT2D eigenvalue weighted by atomic mass is 35.5. The van der Waals surface area contributed by atoms with Crippen LogP contribution in [-0.4, -0.2) is 18.2 Å². The van der Waals surface area contributed by atoms with Crippen LogP contribution in [0.1, 0.15) is 24.0 Å². The summed E-state index contributed by atoms with van der Waals surface area (Å²) < 4.78 is 5.12. The van der Waals surface area contributed by atoms with E-state index in [9.17, 15) is 9.90 Å². The number of halogens is 1. The standard InChI is InChI=1S/C12H13ClO3/c1-16-9-4-5-10-8(7-9)3-2-6-12(10,13)11(14)15/h4-5,7H,2-3,6H2,1H3,(H,14,15). The maximum Gasteiger partial charge on any atom is 0.329 e. The highest BCUT2D eigenvalue weighted by molar-refractivity contribution is 6.33. The molecule has 1 aromatic rings. The Bertz CT molecular complexity index is 430. The number of carboxylic acids is 1. The number of rotatable bonds is 2. The molecule has 0 amide bonds. The van der Waals surface area contributed by atoms with E-state index in [2.05, 4.69) is 0 Å². The minimum absolute atomic E-state index is 0.475. The van der Waals surface area contributed by atoms with Crippen LogP contribution in [0.15, 0.2) is 18.2 Å². The molecule has 0 spiro atoms. The fraction of sp³-hybridized carbons (Fsp3) is 0.417. The average molecular weight is 241 g/mol. The minimum atomic E-state index is -1.26. The van der Waals surface area contributed by atoms with Gasteiger partial charge in [0.05, 0.1) is 7.11 Å². The monoisotopic (exact) mass is 240 g/mol. The quantitative estimate of drug-likeness (QED) is 0.809. The second-order valence-corrected chi connectivity index (χ2v) is 4.63. The zero-order valence-corrected chi connectivity index (χ0v) is 9.75.